The zero-order valence-electron chi connectivity index (χ0n) is 13.8. The van der Waals surface area contributed by atoms with Crippen LogP contribution < -0.4 is 10.1 Å². The number of carbonyl (C=O) groups is 1. The lowest BCUT2D eigenvalue weighted by Crippen LogP contribution is -2.14. The predicted octanol–water partition coefficient (Wildman–Crippen LogP) is 3.80. The summed E-state index contributed by atoms with van der Waals surface area (Å²) in [6.07, 6.45) is 3.27. The molecule has 6 heteroatoms. The smallest absolute Gasteiger partial charge is 0.234 e. The predicted molar refractivity (Wildman–Crippen MR) is 94.3 cm³/mol. The molecule has 1 aromatic heterocycles. The standard InChI is InChI=1S/C17H23N3O2S/c1-4-5-6-15-12(2)18-17(20-15)23-11-16(21)19-13-7-9-14(22-3)10-8-13/h7-10H,4-6,11H2,1-3H3,(H,18,20)(H,19,21). The molecule has 2 aromatic rings. The molecule has 2 N–H and O–H groups in total. The topological polar surface area (TPSA) is 67.0 Å². The first kappa shape index (κ1) is 17.4. The minimum atomic E-state index is -0.0515. The van der Waals surface area contributed by atoms with Crippen molar-refractivity contribution in [3.63, 3.8) is 0 Å². The zero-order chi connectivity index (χ0) is 16.7. The highest BCUT2D eigenvalue weighted by atomic mass is 32.2. The van der Waals surface area contributed by atoms with Gasteiger partial charge < -0.3 is 15.0 Å². The molecule has 2 rings (SSSR count). The van der Waals surface area contributed by atoms with Gasteiger partial charge in [-0.2, -0.15) is 0 Å². The van der Waals surface area contributed by atoms with Gasteiger partial charge in [0.2, 0.25) is 5.91 Å². The third-order valence-corrected chi connectivity index (χ3v) is 4.32. The van der Waals surface area contributed by atoms with E-state index in [0.29, 0.717) is 5.75 Å². The van der Waals surface area contributed by atoms with Gasteiger partial charge in [-0.05, 0) is 44.0 Å². The molecule has 0 atom stereocenters. The number of hydrogen-bond donors (Lipinski definition) is 2. The van der Waals surface area contributed by atoms with E-state index < -0.39 is 0 Å². The highest BCUT2D eigenvalue weighted by Crippen LogP contribution is 2.19. The molecule has 0 saturated heterocycles. The fourth-order valence-corrected chi connectivity index (χ4v) is 2.87. The van der Waals surface area contributed by atoms with E-state index >= 15 is 0 Å². The number of carbonyl (C=O) groups excluding carboxylic acids is 1. The van der Waals surface area contributed by atoms with Gasteiger partial charge in [0.25, 0.3) is 0 Å². The van der Waals surface area contributed by atoms with Crippen molar-refractivity contribution in [3.05, 3.63) is 35.7 Å². The number of ether oxygens (including phenoxy) is 1. The number of rotatable bonds is 8. The van der Waals surface area contributed by atoms with E-state index in [-0.39, 0.29) is 5.91 Å². The van der Waals surface area contributed by atoms with Crippen molar-refractivity contribution in [1.82, 2.24) is 9.97 Å². The first-order valence-corrected chi connectivity index (χ1v) is 8.73. The summed E-state index contributed by atoms with van der Waals surface area (Å²) in [7, 11) is 1.62. The molecule has 0 spiro atoms. The fourth-order valence-electron chi connectivity index (χ4n) is 2.13. The molecule has 0 aliphatic carbocycles. The number of aromatic nitrogens is 2. The van der Waals surface area contributed by atoms with Crippen LogP contribution in [0.2, 0.25) is 0 Å². The molecular formula is C17H23N3O2S. The SMILES string of the molecule is CCCCc1nc(SCC(=O)Nc2ccc(OC)cc2)[nH]c1C. The van der Waals surface area contributed by atoms with Crippen LogP contribution in [0.15, 0.2) is 29.4 Å². The Hall–Kier alpha value is -1.95. The maximum Gasteiger partial charge on any atom is 0.234 e. The van der Waals surface area contributed by atoms with E-state index in [2.05, 4.69) is 22.2 Å². The van der Waals surface area contributed by atoms with Gasteiger partial charge in [0.1, 0.15) is 5.75 Å². The van der Waals surface area contributed by atoms with Gasteiger partial charge in [-0.3, -0.25) is 4.79 Å². The largest absolute Gasteiger partial charge is 0.497 e. The molecule has 0 bridgehead atoms. The number of H-pyrrole nitrogens is 1. The Morgan fingerprint density at radius 3 is 2.74 bits per heavy atom. The Kier molecular flexibility index (Phi) is 6.52. The Morgan fingerprint density at radius 2 is 2.09 bits per heavy atom. The molecule has 1 heterocycles. The second-order valence-corrected chi connectivity index (χ2v) is 6.25. The summed E-state index contributed by atoms with van der Waals surface area (Å²) in [5, 5.41) is 3.67. The van der Waals surface area contributed by atoms with Crippen LogP contribution in [0.1, 0.15) is 31.2 Å². The summed E-state index contributed by atoms with van der Waals surface area (Å²) in [6, 6.07) is 7.28. The molecule has 0 saturated carbocycles. The van der Waals surface area contributed by atoms with Crippen LogP contribution in [0.4, 0.5) is 5.69 Å². The molecular weight excluding hydrogens is 310 g/mol. The van der Waals surface area contributed by atoms with E-state index in [1.807, 2.05) is 31.2 Å². The number of aromatic amines is 1. The second-order valence-electron chi connectivity index (χ2n) is 5.28. The molecule has 23 heavy (non-hydrogen) atoms. The van der Waals surface area contributed by atoms with Gasteiger partial charge in [-0.25, -0.2) is 4.98 Å². The number of thioether (sulfide) groups is 1. The van der Waals surface area contributed by atoms with Crippen molar-refractivity contribution in [3.8, 4) is 5.75 Å². The average Bonchev–Trinajstić information content (AvgIpc) is 2.92. The van der Waals surface area contributed by atoms with Crippen molar-refractivity contribution in [1.29, 1.82) is 0 Å². The number of nitrogens with zero attached hydrogens (tertiary/aromatic N) is 1. The molecule has 0 fully saturated rings. The molecule has 1 amide bonds. The molecule has 5 nitrogen and oxygen atoms in total. The zero-order valence-corrected chi connectivity index (χ0v) is 14.6. The van der Waals surface area contributed by atoms with Crippen LogP contribution in [0, 0.1) is 6.92 Å². The van der Waals surface area contributed by atoms with Crippen LogP contribution >= 0.6 is 11.8 Å². The molecule has 0 aliphatic rings. The number of anilines is 1. The maximum absolute atomic E-state index is 12.0. The molecule has 0 aliphatic heterocycles. The van der Waals surface area contributed by atoms with Crippen LogP contribution in [0.5, 0.6) is 5.75 Å². The van der Waals surface area contributed by atoms with Crippen molar-refractivity contribution in [2.24, 2.45) is 0 Å². The highest BCUT2D eigenvalue weighted by molar-refractivity contribution is 7.99. The minimum Gasteiger partial charge on any atom is -0.497 e. The van der Waals surface area contributed by atoms with Crippen LogP contribution in [0.3, 0.4) is 0 Å². The van der Waals surface area contributed by atoms with Gasteiger partial charge in [0, 0.05) is 11.4 Å². The van der Waals surface area contributed by atoms with E-state index in [1.54, 1.807) is 7.11 Å². The minimum absolute atomic E-state index is 0.0515. The van der Waals surface area contributed by atoms with Gasteiger partial charge in [0.05, 0.1) is 18.6 Å². The summed E-state index contributed by atoms with van der Waals surface area (Å²) >= 11 is 1.42. The van der Waals surface area contributed by atoms with Gasteiger partial charge in [-0.15, -0.1) is 0 Å². The average molecular weight is 333 g/mol. The normalized spacial score (nSPS) is 10.6. The number of benzene rings is 1. The number of hydrogen-bond acceptors (Lipinski definition) is 4. The number of methoxy groups -OCH3 is 1. The van der Waals surface area contributed by atoms with E-state index in [9.17, 15) is 4.79 Å². The Bertz CT molecular complexity index is 638. The summed E-state index contributed by atoms with van der Waals surface area (Å²) in [4.78, 5) is 19.8. The van der Waals surface area contributed by atoms with Crippen LogP contribution in [0.25, 0.3) is 0 Å². The quantitative estimate of drug-likeness (QED) is 0.721. The molecule has 1 aromatic carbocycles. The van der Waals surface area contributed by atoms with E-state index in [4.69, 9.17) is 4.74 Å². The van der Waals surface area contributed by atoms with Crippen LogP contribution in [-0.2, 0) is 11.2 Å². The lowest BCUT2D eigenvalue weighted by Gasteiger charge is -2.05. The van der Waals surface area contributed by atoms with Crippen molar-refractivity contribution in [2.45, 2.75) is 38.3 Å². The third kappa shape index (κ3) is 5.32. The summed E-state index contributed by atoms with van der Waals surface area (Å²) in [6.45, 7) is 4.20. The van der Waals surface area contributed by atoms with Gasteiger partial charge in [-0.1, -0.05) is 25.1 Å². The van der Waals surface area contributed by atoms with Crippen molar-refractivity contribution < 1.29 is 9.53 Å². The molecule has 0 radical (unpaired) electrons. The second kappa shape index (κ2) is 8.62. The summed E-state index contributed by atoms with van der Waals surface area (Å²) in [5.41, 5.74) is 2.96. The first-order chi connectivity index (χ1) is 11.1. The first-order valence-electron chi connectivity index (χ1n) is 7.74. The Labute approximate surface area is 141 Å². The fraction of sp³-hybridized carbons (Fsp3) is 0.412. The van der Waals surface area contributed by atoms with E-state index in [0.717, 1.165) is 47.2 Å². The summed E-state index contributed by atoms with van der Waals surface area (Å²) in [5.74, 6) is 1.04. The van der Waals surface area contributed by atoms with Crippen molar-refractivity contribution >= 4 is 23.4 Å². The lowest BCUT2D eigenvalue weighted by molar-refractivity contribution is -0.113. The summed E-state index contributed by atoms with van der Waals surface area (Å²) < 4.78 is 5.09. The van der Waals surface area contributed by atoms with E-state index in [1.165, 1.54) is 11.8 Å². The molecule has 0 unspecified atom stereocenters. The van der Waals surface area contributed by atoms with Gasteiger partial charge in [0.15, 0.2) is 5.16 Å². The number of aryl methyl sites for hydroxylation is 2. The monoisotopic (exact) mass is 333 g/mol. The number of imidazole rings is 1. The number of unbranched alkanes of at least 4 members (excludes halogenated alkanes) is 1. The Balaban J connectivity index is 1.83. The highest BCUT2D eigenvalue weighted by Gasteiger charge is 2.09. The number of amides is 1. The number of nitrogens with one attached hydrogen (secondary N) is 2. The Morgan fingerprint density at radius 1 is 1.35 bits per heavy atom. The lowest BCUT2D eigenvalue weighted by atomic mass is 10.2. The van der Waals surface area contributed by atoms with Crippen molar-refractivity contribution in [2.75, 3.05) is 18.2 Å². The molecule has 124 valence electrons. The van der Waals surface area contributed by atoms with Gasteiger partial charge >= 0.3 is 0 Å². The third-order valence-electron chi connectivity index (χ3n) is 3.44. The maximum atomic E-state index is 12.0. The van der Waals surface area contributed by atoms with Crippen LogP contribution in [-0.4, -0.2) is 28.7 Å².